The molecule has 0 aromatic heterocycles. The number of benzene rings is 2. The van der Waals surface area contributed by atoms with Crippen LogP contribution in [0.5, 0.6) is 5.75 Å². The van der Waals surface area contributed by atoms with Crippen LogP contribution in [0.4, 0.5) is 0 Å². The van der Waals surface area contributed by atoms with E-state index in [-0.39, 0.29) is 5.97 Å². The van der Waals surface area contributed by atoms with Crippen molar-refractivity contribution < 1.29 is 9.53 Å². The molecule has 4 rings (SSSR count). The number of rotatable bonds is 6. The zero-order chi connectivity index (χ0) is 18.8. The lowest BCUT2D eigenvalue weighted by atomic mass is 9.93. The predicted molar refractivity (Wildman–Crippen MR) is 109 cm³/mol. The first-order valence-corrected chi connectivity index (χ1v) is 10.0. The monoisotopic (exact) mass is 358 g/mol. The van der Waals surface area contributed by atoms with Gasteiger partial charge in [0, 0.05) is 5.57 Å². The summed E-state index contributed by atoms with van der Waals surface area (Å²) >= 11 is 0. The van der Waals surface area contributed by atoms with Crippen LogP contribution in [0.1, 0.15) is 50.2 Å². The van der Waals surface area contributed by atoms with Gasteiger partial charge in [0.05, 0.1) is 0 Å². The van der Waals surface area contributed by atoms with E-state index >= 15 is 0 Å². The number of esters is 1. The minimum Gasteiger partial charge on any atom is -0.423 e. The highest BCUT2D eigenvalue weighted by Crippen LogP contribution is 2.54. The zero-order valence-corrected chi connectivity index (χ0v) is 16.0. The van der Waals surface area contributed by atoms with Gasteiger partial charge in [-0.3, -0.25) is 0 Å². The Morgan fingerprint density at radius 3 is 2.33 bits per heavy atom. The second-order valence-electron chi connectivity index (χ2n) is 7.53. The van der Waals surface area contributed by atoms with E-state index in [0.29, 0.717) is 23.5 Å². The van der Waals surface area contributed by atoms with E-state index in [1.807, 2.05) is 24.3 Å². The molecule has 2 aliphatic carbocycles. The Hall–Kier alpha value is -2.61. The number of ether oxygens (including phenoxy) is 1. The minimum absolute atomic E-state index is 0.207. The molecule has 0 saturated heterocycles. The van der Waals surface area contributed by atoms with Crippen molar-refractivity contribution in [3.63, 3.8) is 0 Å². The smallest absolute Gasteiger partial charge is 0.339 e. The molecule has 0 amide bonds. The second kappa shape index (κ2) is 7.56. The maximum absolute atomic E-state index is 12.7. The van der Waals surface area contributed by atoms with E-state index in [1.165, 1.54) is 16.7 Å². The lowest BCUT2D eigenvalue weighted by molar-refractivity contribution is -0.130. The highest BCUT2D eigenvalue weighted by Gasteiger charge is 2.46. The summed E-state index contributed by atoms with van der Waals surface area (Å²) in [5.74, 6) is 1.76. The molecule has 2 heteroatoms. The summed E-state index contributed by atoms with van der Waals surface area (Å²) in [5, 5.41) is 0. The molecule has 2 aromatic rings. The summed E-state index contributed by atoms with van der Waals surface area (Å²) in [4.78, 5) is 12.7. The third kappa shape index (κ3) is 3.62. The van der Waals surface area contributed by atoms with Crippen LogP contribution in [-0.2, 0) is 4.79 Å². The molecule has 0 heterocycles. The number of allylic oxidation sites excluding steroid dienone is 3. The molecule has 0 bridgehead atoms. The molecule has 0 N–H and O–H groups in total. The molecule has 0 aliphatic heterocycles. The van der Waals surface area contributed by atoms with Gasteiger partial charge in [0.2, 0.25) is 0 Å². The van der Waals surface area contributed by atoms with Gasteiger partial charge >= 0.3 is 5.97 Å². The van der Waals surface area contributed by atoms with Gasteiger partial charge in [-0.25, -0.2) is 4.79 Å². The average Bonchev–Trinajstić information content (AvgIpc) is 3.51. The number of fused-ring (bicyclic) bond motifs is 1. The quantitative estimate of drug-likeness (QED) is 0.457. The first-order valence-electron chi connectivity index (χ1n) is 10.0. The van der Waals surface area contributed by atoms with Crippen molar-refractivity contribution in [2.75, 3.05) is 0 Å². The normalized spacial score (nSPS) is 20.6. The molecule has 0 spiro atoms. The summed E-state index contributed by atoms with van der Waals surface area (Å²) in [7, 11) is 0. The Morgan fingerprint density at radius 1 is 0.963 bits per heavy atom. The van der Waals surface area contributed by atoms with E-state index in [2.05, 4.69) is 56.3 Å². The first-order chi connectivity index (χ1) is 13.2. The second-order valence-corrected chi connectivity index (χ2v) is 7.53. The number of hydrogen-bond acceptors (Lipinski definition) is 2. The van der Waals surface area contributed by atoms with Crippen molar-refractivity contribution in [2.45, 2.75) is 39.0 Å². The summed E-state index contributed by atoms with van der Waals surface area (Å²) in [5.41, 5.74) is 4.72. The Kier molecular flexibility index (Phi) is 4.98. The zero-order valence-electron chi connectivity index (χ0n) is 16.0. The average molecular weight is 358 g/mol. The highest BCUT2D eigenvalue weighted by molar-refractivity contribution is 5.94. The number of carbonyl (C=O) groups is 1. The maximum atomic E-state index is 12.7. The van der Waals surface area contributed by atoms with Crippen LogP contribution < -0.4 is 4.74 Å². The predicted octanol–water partition coefficient (Wildman–Crippen LogP) is 6.16. The van der Waals surface area contributed by atoms with Crippen LogP contribution in [0.3, 0.4) is 0 Å². The van der Waals surface area contributed by atoms with Crippen molar-refractivity contribution in [1.29, 1.82) is 0 Å². The van der Waals surface area contributed by atoms with Gasteiger partial charge in [0.25, 0.3) is 0 Å². The fraction of sp³-hybridized carbons (Fsp3) is 0.320. The molecule has 2 atom stereocenters. The van der Waals surface area contributed by atoms with Crippen LogP contribution in [0.2, 0.25) is 0 Å². The van der Waals surface area contributed by atoms with Crippen LogP contribution in [0.15, 0.2) is 72.3 Å². The summed E-state index contributed by atoms with van der Waals surface area (Å²) in [6.07, 6.45) is 7.34. The first kappa shape index (κ1) is 17.8. The molecule has 2 nitrogen and oxygen atoms in total. The van der Waals surface area contributed by atoms with Crippen LogP contribution in [-0.4, -0.2) is 5.97 Å². The van der Waals surface area contributed by atoms with E-state index in [9.17, 15) is 4.79 Å². The third-order valence-electron chi connectivity index (χ3n) is 5.92. The number of hydrogen-bond donors (Lipinski definition) is 0. The fourth-order valence-electron chi connectivity index (χ4n) is 4.20. The van der Waals surface area contributed by atoms with Crippen LogP contribution >= 0.6 is 0 Å². The van der Waals surface area contributed by atoms with Crippen LogP contribution in [0, 0.1) is 11.8 Å². The van der Waals surface area contributed by atoms with Crippen molar-refractivity contribution in [1.82, 2.24) is 0 Å². The van der Waals surface area contributed by atoms with Crippen molar-refractivity contribution >= 4 is 11.5 Å². The molecule has 2 aliphatic rings. The molecule has 138 valence electrons. The minimum atomic E-state index is -0.207. The SMILES string of the molecule is CCC(CC)c1ccc(OC(=O)C2=CC=C(c3ccccc3)C3CC23)cc1. The van der Waals surface area contributed by atoms with E-state index in [1.54, 1.807) is 0 Å². The maximum Gasteiger partial charge on any atom is 0.339 e. The Balaban J connectivity index is 1.47. The Bertz CT molecular complexity index is 870. The van der Waals surface area contributed by atoms with E-state index < -0.39 is 0 Å². The van der Waals surface area contributed by atoms with Gasteiger partial charge in [-0.2, -0.15) is 0 Å². The van der Waals surface area contributed by atoms with Gasteiger partial charge in [0.15, 0.2) is 0 Å². The van der Waals surface area contributed by atoms with Crippen molar-refractivity contribution in [3.8, 4) is 5.75 Å². The van der Waals surface area contributed by atoms with Crippen molar-refractivity contribution in [3.05, 3.63) is 83.4 Å². The largest absolute Gasteiger partial charge is 0.423 e. The van der Waals surface area contributed by atoms with Crippen molar-refractivity contribution in [2.24, 2.45) is 11.8 Å². The number of carbonyl (C=O) groups excluding carboxylic acids is 1. The fourth-order valence-corrected chi connectivity index (χ4v) is 4.20. The van der Waals surface area contributed by atoms with E-state index in [0.717, 1.165) is 24.8 Å². The lowest BCUT2D eigenvalue weighted by Gasteiger charge is -2.15. The lowest BCUT2D eigenvalue weighted by Crippen LogP contribution is -2.15. The van der Waals surface area contributed by atoms with Gasteiger partial charge < -0.3 is 4.74 Å². The Morgan fingerprint density at radius 2 is 1.67 bits per heavy atom. The topological polar surface area (TPSA) is 26.3 Å². The highest BCUT2D eigenvalue weighted by atomic mass is 16.5. The van der Waals surface area contributed by atoms with Gasteiger partial charge in [-0.05, 0) is 65.8 Å². The molecule has 0 radical (unpaired) electrons. The summed E-state index contributed by atoms with van der Waals surface area (Å²) in [6, 6.07) is 18.4. The molecule has 2 unspecified atom stereocenters. The van der Waals surface area contributed by atoms with Gasteiger partial charge in [-0.15, -0.1) is 0 Å². The van der Waals surface area contributed by atoms with E-state index in [4.69, 9.17) is 4.74 Å². The molecule has 2 aromatic carbocycles. The van der Waals surface area contributed by atoms with Crippen LogP contribution in [0.25, 0.3) is 5.57 Å². The van der Waals surface area contributed by atoms with Gasteiger partial charge in [0.1, 0.15) is 5.75 Å². The molecular formula is C25H26O2. The Labute approximate surface area is 161 Å². The molecule has 27 heavy (non-hydrogen) atoms. The third-order valence-corrected chi connectivity index (χ3v) is 5.92. The molecular weight excluding hydrogens is 332 g/mol. The standard InChI is InChI=1S/C25H26O2/c1-3-17(4-2)18-10-12-20(13-11-18)27-25(26)22-15-14-21(23-16-24(22)23)19-8-6-5-7-9-19/h5-15,17,23-24H,3-4,16H2,1-2H3. The summed E-state index contributed by atoms with van der Waals surface area (Å²) in [6.45, 7) is 4.42. The molecule has 1 fully saturated rings. The van der Waals surface area contributed by atoms with Gasteiger partial charge in [-0.1, -0.05) is 68.5 Å². The summed E-state index contributed by atoms with van der Waals surface area (Å²) < 4.78 is 5.66. The molecule has 1 saturated carbocycles.